The molecule has 25 heavy (non-hydrogen) atoms. The lowest BCUT2D eigenvalue weighted by molar-refractivity contribution is 0.0464. The third kappa shape index (κ3) is 3.88. The molecule has 0 unspecified atom stereocenters. The smallest absolute Gasteiger partial charge is 0.361 e. The van der Waals surface area contributed by atoms with Gasteiger partial charge in [0.2, 0.25) is 0 Å². The summed E-state index contributed by atoms with van der Waals surface area (Å²) in [4.78, 5) is 12.3. The molecule has 5 nitrogen and oxygen atoms in total. The Labute approximate surface area is 151 Å². The van der Waals surface area contributed by atoms with Crippen LogP contribution in [0.4, 0.5) is 0 Å². The summed E-state index contributed by atoms with van der Waals surface area (Å²) >= 11 is 5.85. The number of hydrogen-bond donors (Lipinski definition) is 0. The Balaban J connectivity index is 1.78. The van der Waals surface area contributed by atoms with Gasteiger partial charge in [0.05, 0.1) is 11.4 Å². The summed E-state index contributed by atoms with van der Waals surface area (Å²) in [7, 11) is 0. The summed E-state index contributed by atoms with van der Waals surface area (Å²) in [6.07, 6.45) is 0. The molecule has 3 rings (SSSR count). The lowest BCUT2D eigenvalue weighted by Crippen LogP contribution is -2.08. The number of rotatable bonds is 4. The van der Waals surface area contributed by atoms with E-state index in [1.807, 2.05) is 38.1 Å². The molecule has 2 aromatic carbocycles. The van der Waals surface area contributed by atoms with E-state index >= 15 is 0 Å². The van der Waals surface area contributed by atoms with E-state index in [9.17, 15) is 4.79 Å². The van der Waals surface area contributed by atoms with Gasteiger partial charge in [-0.2, -0.15) is 0 Å². The van der Waals surface area contributed by atoms with Crippen molar-refractivity contribution in [2.24, 2.45) is 0 Å². The van der Waals surface area contributed by atoms with Crippen LogP contribution in [0.25, 0.3) is 5.69 Å². The van der Waals surface area contributed by atoms with Crippen LogP contribution in [0.1, 0.15) is 32.9 Å². The minimum atomic E-state index is -0.497. The van der Waals surface area contributed by atoms with Crippen LogP contribution in [-0.4, -0.2) is 21.0 Å². The van der Waals surface area contributed by atoms with Crippen molar-refractivity contribution in [3.8, 4) is 5.69 Å². The number of halogens is 1. The first kappa shape index (κ1) is 17.2. The molecule has 3 aromatic rings. The maximum atomic E-state index is 12.3. The van der Waals surface area contributed by atoms with Gasteiger partial charge >= 0.3 is 5.97 Å². The minimum absolute atomic E-state index is 0.159. The number of aryl methyl sites for hydroxylation is 2. The molecule has 0 N–H and O–H groups in total. The van der Waals surface area contributed by atoms with Crippen molar-refractivity contribution in [1.29, 1.82) is 0 Å². The fraction of sp³-hybridized carbons (Fsp3) is 0.211. The number of carbonyl (C=O) groups excluding carboxylic acids is 1. The normalized spacial score (nSPS) is 10.7. The van der Waals surface area contributed by atoms with Gasteiger partial charge in [0.1, 0.15) is 6.61 Å². The number of nitrogens with zero attached hydrogens (tertiary/aromatic N) is 3. The summed E-state index contributed by atoms with van der Waals surface area (Å²) < 4.78 is 6.99. The fourth-order valence-electron chi connectivity index (χ4n) is 2.63. The zero-order valence-corrected chi connectivity index (χ0v) is 15.0. The highest BCUT2D eigenvalue weighted by atomic mass is 35.5. The highest BCUT2D eigenvalue weighted by Crippen LogP contribution is 2.17. The Morgan fingerprint density at radius 1 is 1.08 bits per heavy atom. The molecule has 0 saturated carbocycles. The van der Waals surface area contributed by atoms with Crippen LogP contribution >= 0.6 is 11.6 Å². The van der Waals surface area contributed by atoms with Crippen molar-refractivity contribution in [3.05, 3.63) is 75.6 Å². The molecule has 128 valence electrons. The molecular formula is C19H18ClN3O2. The Morgan fingerprint density at radius 3 is 2.36 bits per heavy atom. The average molecular weight is 356 g/mol. The fourth-order valence-corrected chi connectivity index (χ4v) is 2.76. The number of ether oxygens (including phenoxy) is 1. The van der Waals surface area contributed by atoms with Gasteiger partial charge in [0, 0.05) is 5.02 Å². The molecule has 0 aliphatic carbocycles. The van der Waals surface area contributed by atoms with Gasteiger partial charge in [-0.25, -0.2) is 9.48 Å². The Hall–Kier alpha value is -2.66. The van der Waals surface area contributed by atoms with E-state index in [-0.39, 0.29) is 12.3 Å². The first-order valence-electron chi connectivity index (χ1n) is 7.86. The van der Waals surface area contributed by atoms with Crippen molar-refractivity contribution in [1.82, 2.24) is 15.0 Å². The Bertz CT molecular complexity index is 897. The zero-order valence-electron chi connectivity index (χ0n) is 14.3. The van der Waals surface area contributed by atoms with Gasteiger partial charge in [0.25, 0.3) is 0 Å². The third-order valence-electron chi connectivity index (χ3n) is 3.82. The minimum Gasteiger partial charge on any atom is -0.456 e. The summed E-state index contributed by atoms with van der Waals surface area (Å²) in [6, 6.07) is 13.2. The summed E-state index contributed by atoms with van der Waals surface area (Å²) in [6.45, 7) is 6.00. The predicted octanol–water partition coefficient (Wildman–Crippen LogP) is 4.20. The van der Waals surface area contributed by atoms with E-state index in [1.54, 1.807) is 23.7 Å². The lowest BCUT2D eigenvalue weighted by Gasteiger charge is -2.07. The van der Waals surface area contributed by atoms with E-state index in [0.29, 0.717) is 10.7 Å². The molecule has 0 bridgehead atoms. The summed E-state index contributed by atoms with van der Waals surface area (Å²) in [5, 5.41) is 8.74. The molecule has 0 amide bonds. The molecule has 1 aromatic heterocycles. The summed E-state index contributed by atoms with van der Waals surface area (Å²) in [5.41, 5.74) is 4.84. The van der Waals surface area contributed by atoms with E-state index in [1.165, 1.54) is 0 Å². The van der Waals surface area contributed by atoms with Crippen molar-refractivity contribution in [2.45, 2.75) is 27.4 Å². The van der Waals surface area contributed by atoms with Crippen LogP contribution in [0.2, 0.25) is 5.02 Å². The Kier molecular flexibility index (Phi) is 4.86. The molecule has 0 atom stereocenters. The second kappa shape index (κ2) is 7.07. The first-order chi connectivity index (χ1) is 11.9. The number of benzene rings is 2. The predicted molar refractivity (Wildman–Crippen MR) is 96.1 cm³/mol. The molecule has 0 fully saturated rings. The highest BCUT2D eigenvalue weighted by molar-refractivity contribution is 6.30. The summed E-state index contributed by atoms with van der Waals surface area (Å²) in [5.74, 6) is -0.497. The van der Waals surface area contributed by atoms with Gasteiger partial charge in [0.15, 0.2) is 5.69 Å². The van der Waals surface area contributed by atoms with Gasteiger partial charge in [-0.3, -0.25) is 0 Å². The maximum Gasteiger partial charge on any atom is 0.361 e. The molecule has 1 heterocycles. The number of aromatic nitrogens is 3. The second-order valence-corrected chi connectivity index (χ2v) is 6.42. The Morgan fingerprint density at radius 2 is 1.72 bits per heavy atom. The molecule has 0 aliphatic rings. The maximum absolute atomic E-state index is 12.3. The van der Waals surface area contributed by atoms with Gasteiger partial charge < -0.3 is 4.74 Å². The topological polar surface area (TPSA) is 57.0 Å². The molecular weight excluding hydrogens is 338 g/mol. The SMILES string of the molecule is Cc1cc(C)cc(-n2nnc(C(=O)OCc3ccc(Cl)cc3)c2C)c1. The van der Waals surface area contributed by atoms with Crippen LogP contribution in [0, 0.1) is 20.8 Å². The van der Waals surface area contributed by atoms with Gasteiger partial charge in [-0.05, 0) is 61.7 Å². The van der Waals surface area contributed by atoms with Gasteiger partial charge in [-0.1, -0.05) is 35.0 Å². The van der Waals surface area contributed by atoms with Crippen molar-refractivity contribution < 1.29 is 9.53 Å². The monoisotopic (exact) mass is 355 g/mol. The van der Waals surface area contributed by atoms with Crippen molar-refractivity contribution >= 4 is 17.6 Å². The van der Waals surface area contributed by atoms with Crippen molar-refractivity contribution in [2.75, 3.05) is 0 Å². The van der Waals surface area contributed by atoms with Crippen LogP contribution in [0.15, 0.2) is 42.5 Å². The first-order valence-corrected chi connectivity index (χ1v) is 8.24. The zero-order chi connectivity index (χ0) is 18.0. The quantitative estimate of drug-likeness (QED) is 0.658. The average Bonchev–Trinajstić information content (AvgIpc) is 2.95. The van der Waals surface area contributed by atoms with Crippen LogP contribution < -0.4 is 0 Å². The van der Waals surface area contributed by atoms with E-state index in [0.717, 1.165) is 22.4 Å². The molecule has 0 spiro atoms. The molecule has 6 heteroatoms. The molecule has 0 aliphatic heterocycles. The number of carbonyl (C=O) groups is 1. The number of hydrogen-bond acceptors (Lipinski definition) is 4. The third-order valence-corrected chi connectivity index (χ3v) is 4.07. The lowest BCUT2D eigenvalue weighted by atomic mass is 10.1. The van der Waals surface area contributed by atoms with Gasteiger partial charge in [-0.15, -0.1) is 5.10 Å². The largest absolute Gasteiger partial charge is 0.456 e. The number of esters is 1. The van der Waals surface area contributed by atoms with E-state index < -0.39 is 5.97 Å². The molecule has 0 radical (unpaired) electrons. The second-order valence-electron chi connectivity index (χ2n) is 5.98. The van der Waals surface area contributed by atoms with Crippen LogP contribution in [0.5, 0.6) is 0 Å². The van der Waals surface area contributed by atoms with Crippen molar-refractivity contribution in [3.63, 3.8) is 0 Å². The van der Waals surface area contributed by atoms with E-state index in [2.05, 4.69) is 16.4 Å². The standard InChI is InChI=1S/C19H18ClN3O2/c1-12-8-13(2)10-17(9-12)23-14(3)18(21-22-23)19(24)25-11-15-4-6-16(20)7-5-15/h4-10H,11H2,1-3H3. The molecule has 0 saturated heterocycles. The van der Waals surface area contributed by atoms with Crippen LogP contribution in [0.3, 0.4) is 0 Å². The highest BCUT2D eigenvalue weighted by Gasteiger charge is 2.19. The van der Waals surface area contributed by atoms with E-state index in [4.69, 9.17) is 16.3 Å². The van der Waals surface area contributed by atoms with Crippen LogP contribution in [-0.2, 0) is 11.3 Å².